The van der Waals surface area contributed by atoms with Crippen molar-refractivity contribution in [2.45, 2.75) is 25.8 Å². The lowest BCUT2D eigenvalue weighted by Crippen LogP contribution is -2.03. The summed E-state index contributed by atoms with van der Waals surface area (Å²) in [6, 6.07) is 10.1. The summed E-state index contributed by atoms with van der Waals surface area (Å²) in [7, 11) is 0. The highest BCUT2D eigenvalue weighted by molar-refractivity contribution is 5.66. The zero-order chi connectivity index (χ0) is 13.3. The first-order valence-corrected chi connectivity index (χ1v) is 6.50. The van der Waals surface area contributed by atoms with Crippen LogP contribution in [0.3, 0.4) is 0 Å². The van der Waals surface area contributed by atoms with Crippen molar-refractivity contribution in [3.63, 3.8) is 0 Å². The molecule has 0 spiro atoms. The van der Waals surface area contributed by atoms with Crippen LogP contribution in [0.5, 0.6) is 0 Å². The molecule has 0 bridgehead atoms. The molecule has 0 fully saturated rings. The van der Waals surface area contributed by atoms with E-state index < -0.39 is 0 Å². The number of rotatable bonds is 7. The predicted molar refractivity (Wildman–Crippen MR) is 74.1 cm³/mol. The average Bonchev–Trinajstić information content (AvgIpc) is 2.90. The van der Waals surface area contributed by atoms with Gasteiger partial charge in [0.2, 0.25) is 0 Å². The SMILES string of the molecule is OCCCCCn1nnnc1/C=C/c1ccccc1. The van der Waals surface area contributed by atoms with Gasteiger partial charge in [-0.2, -0.15) is 0 Å². The second-order valence-corrected chi connectivity index (χ2v) is 4.29. The highest BCUT2D eigenvalue weighted by Gasteiger charge is 2.01. The molecule has 0 atom stereocenters. The maximum atomic E-state index is 8.73. The molecule has 100 valence electrons. The topological polar surface area (TPSA) is 63.8 Å². The Morgan fingerprint density at radius 1 is 1.05 bits per heavy atom. The van der Waals surface area contributed by atoms with Gasteiger partial charge in [0.15, 0.2) is 5.82 Å². The first kappa shape index (κ1) is 13.4. The van der Waals surface area contributed by atoms with Crippen molar-refractivity contribution in [1.29, 1.82) is 0 Å². The summed E-state index contributed by atoms with van der Waals surface area (Å²) in [5.41, 5.74) is 1.12. The third kappa shape index (κ3) is 4.30. The lowest BCUT2D eigenvalue weighted by atomic mass is 10.2. The van der Waals surface area contributed by atoms with Gasteiger partial charge in [0.25, 0.3) is 0 Å². The summed E-state index contributed by atoms with van der Waals surface area (Å²) in [6.07, 6.45) is 6.70. The van der Waals surface area contributed by atoms with Crippen molar-refractivity contribution < 1.29 is 5.11 Å². The van der Waals surface area contributed by atoms with Crippen molar-refractivity contribution in [2.75, 3.05) is 6.61 Å². The second kappa shape index (κ2) is 7.43. The lowest BCUT2D eigenvalue weighted by molar-refractivity contribution is 0.281. The molecule has 0 aliphatic carbocycles. The predicted octanol–water partition coefficient (Wildman–Crippen LogP) is 2.01. The number of unbranched alkanes of at least 4 members (excludes halogenated alkanes) is 2. The minimum atomic E-state index is 0.246. The van der Waals surface area contributed by atoms with E-state index in [0.717, 1.165) is 37.2 Å². The van der Waals surface area contributed by atoms with Crippen LogP contribution >= 0.6 is 0 Å². The molecule has 1 aromatic carbocycles. The van der Waals surface area contributed by atoms with Crippen LogP contribution in [0.4, 0.5) is 0 Å². The van der Waals surface area contributed by atoms with Crippen LogP contribution in [0.2, 0.25) is 0 Å². The molecule has 1 N–H and O–H groups in total. The number of benzene rings is 1. The first-order chi connectivity index (χ1) is 9.40. The van der Waals surface area contributed by atoms with E-state index in [4.69, 9.17) is 5.11 Å². The molecular weight excluding hydrogens is 240 g/mol. The van der Waals surface area contributed by atoms with Crippen molar-refractivity contribution in [2.24, 2.45) is 0 Å². The zero-order valence-corrected chi connectivity index (χ0v) is 10.8. The number of tetrazole rings is 1. The average molecular weight is 258 g/mol. The molecule has 5 heteroatoms. The maximum absolute atomic E-state index is 8.73. The minimum Gasteiger partial charge on any atom is -0.396 e. The van der Waals surface area contributed by atoms with Crippen LogP contribution in [0.25, 0.3) is 12.2 Å². The summed E-state index contributed by atoms with van der Waals surface area (Å²) in [4.78, 5) is 0. The zero-order valence-electron chi connectivity index (χ0n) is 10.8. The fourth-order valence-corrected chi connectivity index (χ4v) is 1.78. The summed E-state index contributed by atoms with van der Waals surface area (Å²) < 4.78 is 1.79. The second-order valence-electron chi connectivity index (χ2n) is 4.29. The number of nitrogens with zero attached hydrogens (tertiary/aromatic N) is 4. The Labute approximate surface area is 112 Å². The molecular formula is C14H18N4O. The number of aryl methyl sites for hydroxylation is 1. The summed E-state index contributed by atoms with van der Waals surface area (Å²) in [5.74, 6) is 0.757. The van der Waals surface area contributed by atoms with Crippen LogP contribution < -0.4 is 0 Å². The molecule has 2 aromatic rings. The Kier molecular flexibility index (Phi) is 5.25. The van der Waals surface area contributed by atoms with E-state index in [1.165, 1.54) is 0 Å². The van der Waals surface area contributed by atoms with Crippen molar-refractivity contribution >= 4 is 12.2 Å². The monoisotopic (exact) mass is 258 g/mol. The summed E-state index contributed by atoms with van der Waals surface area (Å²) >= 11 is 0. The van der Waals surface area contributed by atoms with Crippen molar-refractivity contribution in [1.82, 2.24) is 20.2 Å². The molecule has 1 aromatic heterocycles. The molecule has 0 aliphatic heterocycles. The summed E-state index contributed by atoms with van der Waals surface area (Å²) in [6.45, 7) is 1.03. The molecule has 0 unspecified atom stereocenters. The van der Waals surface area contributed by atoms with Crippen molar-refractivity contribution in [3.05, 3.63) is 41.7 Å². The van der Waals surface area contributed by atoms with Gasteiger partial charge in [-0.1, -0.05) is 36.4 Å². The number of hydrogen-bond acceptors (Lipinski definition) is 4. The molecule has 0 saturated heterocycles. The van der Waals surface area contributed by atoms with Crippen LogP contribution in [-0.4, -0.2) is 31.9 Å². The molecule has 1 heterocycles. The molecule has 19 heavy (non-hydrogen) atoms. The van der Waals surface area contributed by atoms with Gasteiger partial charge in [-0.25, -0.2) is 4.68 Å². The Morgan fingerprint density at radius 3 is 2.68 bits per heavy atom. The Bertz CT molecular complexity index is 507. The van der Waals surface area contributed by atoms with E-state index in [9.17, 15) is 0 Å². The first-order valence-electron chi connectivity index (χ1n) is 6.50. The quantitative estimate of drug-likeness (QED) is 0.772. The Balaban J connectivity index is 1.94. The van der Waals surface area contributed by atoms with Gasteiger partial charge >= 0.3 is 0 Å². The van der Waals surface area contributed by atoms with Gasteiger partial charge in [-0.15, -0.1) is 5.10 Å². The van der Waals surface area contributed by atoms with Crippen LogP contribution in [-0.2, 0) is 6.54 Å². The third-order valence-corrected chi connectivity index (χ3v) is 2.81. The Hall–Kier alpha value is -2.01. The normalized spacial score (nSPS) is 11.2. The van der Waals surface area contributed by atoms with Crippen LogP contribution in [0, 0.1) is 0 Å². The molecule has 0 amide bonds. The van der Waals surface area contributed by atoms with Crippen LogP contribution in [0.1, 0.15) is 30.7 Å². The largest absolute Gasteiger partial charge is 0.396 e. The van der Waals surface area contributed by atoms with Gasteiger partial charge in [-0.3, -0.25) is 0 Å². The van der Waals surface area contributed by atoms with E-state index in [2.05, 4.69) is 15.5 Å². The van der Waals surface area contributed by atoms with Crippen molar-refractivity contribution in [3.8, 4) is 0 Å². The van der Waals surface area contributed by atoms with Crippen LogP contribution in [0.15, 0.2) is 30.3 Å². The number of hydrogen-bond donors (Lipinski definition) is 1. The fourth-order valence-electron chi connectivity index (χ4n) is 1.78. The van der Waals surface area contributed by atoms with E-state index in [1.54, 1.807) is 4.68 Å². The number of aliphatic hydroxyl groups excluding tert-OH is 1. The van der Waals surface area contributed by atoms with Gasteiger partial charge in [0.05, 0.1) is 0 Å². The van der Waals surface area contributed by atoms with E-state index in [1.807, 2.05) is 42.5 Å². The molecule has 2 rings (SSSR count). The standard InChI is InChI=1S/C14H18N4O/c19-12-6-2-5-11-18-14(15-16-17-18)10-9-13-7-3-1-4-8-13/h1,3-4,7-10,19H,2,5-6,11-12H2/b10-9+. The van der Waals surface area contributed by atoms with Gasteiger partial charge in [0, 0.05) is 13.2 Å². The highest BCUT2D eigenvalue weighted by atomic mass is 16.2. The maximum Gasteiger partial charge on any atom is 0.174 e. The molecule has 0 aliphatic rings. The summed E-state index contributed by atoms with van der Waals surface area (Å²) in [5, 5.41) is 20.4. The van der Waals surface area contributed by atoms with E-state index >= 15 is 0 Å². The third-order valence-electron chi connectivity index (χ3n) is 2.81. The number of aromatic nitrogens is 4. The fraction of sp³-hybridized carbons (Fsp3) is 0.357. The smallest absolute Gasteiger partial charge is 0.174 e. The Morgan fingerprint density at radius 2 is 1.89 bits per heavy atom. The van der Waals surface area contributed by atoms with Gasteiger partial charge < -0.3 is 5.11 Å². The number of aliphatic hydroxyl groups is 1. The lowest BCUT2D eigenvalue weighted by Gasteiger charge is -2.01. The molecule has 0 saturated carbocycles. The molecule has 5 nitrogen and oxygen atoms in total. The van der Waals surface area contributed by atoms with E-state index in [0.29, 0.717) is 0 Å². The highest BCUT2D eigenvalue weighted by Crippen LogP contribution is 2.06. The van der Waals surface area contributed by atoms with Gasteiger partial charge in [-0.05, 0) is 41.3 Å². The minimum absolute atomic E-state index is 0.246. The van der Waals surface area contributed by atoms with E-state index in [-0.39, 0.29) is 6.61 Å². The molecule has 0 radical (unpaired) electrons. The van der Waals surface area contributed by atoms with Gasteiger partial charge in [0.1, 0.15) is 0 Å².